The lowest BCUT2D eigenvalue weighted by atomic mass is 9.94. The fraction of sp³-hybridized carbons (Fsp3) is 0.435. The number of fused-ring (bicyclic) bond motifs is 1. The number of phenolic OH excluding ortho intramolecular Hbond substituents is 1. The van der Waals surface area contributed by atoms with E-state index in [0.717, 1.165) is 43.7 Å². The molecule has 2 aromatic carbocycles. The van der Waals surface area contributed by atoms with Crippen LogP contribution in [0.2, 0.25) is 0 Å². The van der Waals surface area contributed by atoms with Gasteiger partial charge in [-0.2, -0.15) is 0 Å². The van der Waals surface area contributed by atoms with Crippen molar-refractivity contribution in [1.82, 2.24) is 25.1 Å². The summed E-state index contributed by atoms with van der Waals surface area (Å²) in [6.45, 7) is 1.83. The summed E-state index contributed by atoms with van der Waals surface area (Å²) in [5, 5.41) is 22.8. The zero-order chi connectivity index (χ0) is 19.6. The number of benzene rings is 2. The van der Waals surface area contributed by atoms with Gasteiger partial charge >= 0.3 is 0 Å². The Labute approximate surface area is 183 Å². The van der Waals surface area contributed by atoms with Crippen LogP contribution >= 0.6 is 12.4 Å². The normalized spacial score (nSPS) is 18.4. The second-order valence-electron chi connectivity index (χ2n) is 8.26. The summed E-state index contributed by atoms with van der Waals surface area (Å²) in [5.74, 6) is 1.20. The summed E-state index contributed by atoms with van der Waals surface area (Å²) in [5.41, 5.74) is 3.92. The molecule has 158 valence electrons. The van der Waals surface area contributed by atoms with Gasteiger partial charge in [0.2, 0.25) is 0 Å². The molecule has 0 bridgehead atoms. The van der Waals surface area contributed by atoms with Crippen molar-refractivity contribution in [3.05, 3.63) is 71.0 Å². The van der Waals surface area contributed by atoms with Crippen LogP contribution < -0.4 is 0 Å². The second-order valence-corrected chi connectivity index (χ2v) is 8.26. The zero-order valence-electron chi connectivity index (χ0n) is 17.0. The van der Waals surface area contributed by atoms with Gasteiger partial charge < -0.3 is 5.11 Å². The predicted molar refractivity (Wildman–Crippen MR) is 118 cm³/mol. The Kier molecular flexibility index (Phi) is 6.35. The van der Waals surface area contributed by atoms with Crippen LogP contribution in [0.15, 0.2) is 48.5 Å². The topological polar surface area (TPSA) is 67.1 Å². The van der Waals surface area contributed by atoms with E-state index in [9.17, 15) is 5.11 Å². The largest absolute Gasteiger partial charge is 0.508 e. The van der Waals surface area contributed by atoms with E-state index in [2.05, 4.69) is 49.4 Å². The van der Waals surface area contributed by atoms with Crippen LogP contribution in [0.3, 0.4) is 0 Å². The van der Waals surface area contributed by atoms with Gasteiger partial charge in [0, 0.05) is 13.1 Å². The van der Waals surface area contributed by atoms with Crippen LogP contribution in [0, 0.1) is 0 Å². The number of hydrogen-bond acceptors (Lipinski definition) is 5. The number of tetrazole rings is 1. The van der Waals surface area contributed by atoms with Crippen molar-refractivity contribution >= 4 is 12.4 Å². The maximum absolute atomic E-state index is 9.81. The molecule has 0 saturated heterocycles. The van der Waals surface area contributed by atoms with E-state index in [-0.39, 0.29) is 24.2 Å². The molecule has 1 aromatic heterocycles. The molecule has 2 heterocycles. The molecule has 1 unspecified atom stereocenters. The molecule has 0 radical (unpaired) electrons. The second kappa shape index (κ2) is 9.14. The standard InChI is InChI=1S/C23H27N5O.ClH/c29-21-12-10-18(11-13-21)22(27-15-14-17-6-4-5-7-19(17)16-27)23-24-25-26-28(23)20-8-2-1-3-9-20;/h4-7,10-13,20,22,29H,1-3,8-9,14-16H2;1H. The van der Waals surface area contributed by atoms with Crippen LogP contribution in [0.5, 0.6) is 5.75 Å². The van der Waals surface area contributed by atoms with Crippen molar-refractivity contribution in [2.45, 2.75) is 57.2 Å². The van der Waals surface area contributed by atoms with Crippen LogP contribution in [-0.2, 0) is 13.0 Å². The van der Waals surface area contributed by atoms with Crippen molar-refractivity contribution in [1.29, 1.82) is 0 Å². The Morgan fingerprint density at radius 3 is 2.43 bits per heavy atom. The van der Waals surface area contributed by atoms with E-state index in [1.165, 1.54) is 30.4 Å². The highest BCUT2D eigenvalue weighted by molar-refractivity contribution is 5.85. The van der Waals surface area contributed by atoms with E-state index in [4.69, 9.17) is 0 Å². The minimum absolute atomic E-state index is 0. The Morgan fingerprint density at radius 2 is 1.67 bits per heavy atom. The molecule has 1 saturated carbocycles. The van der Waals surface area contributed by atoms with Crippen molar-refractivity contribution < 1.29 is 5.11 Å². The molecule has 1 aliphatic heterocycles. The number of nitrogens with zero attached hydrogens (tertiary/aromatic N) is 5. The third-order valence-electron chi connectivity index (χ3n) is 6.42. The van der Waals surface area contributed by atoms with Crippen molar-refractivity contribution in [2.75, 3.05) is 6.54 Å². The first-order valence-electron chi connectivity index (χ1n) is 10.7. The van der Waals surface area contributed by atoms with Crippen molar-refractivity contribution in [3.63, 3.8) is 0 Å². The van der Waals surface area contributed by atoms with E-state index < -0.39 is 0 Å². The molecule has 2 aliphatic rings. The van der Waals surface area contributed by atoms with E-state index in [1.807, 2.05) is 12.1 Å². The lowest BCUT2D eigenvalue weighted by Crippen LogP contribution is -2.36. The van der Waals surface area contributed by atoms with E-state index in [0.29, 0.717) is 6.04 Å². The summed E-state index contributed by atoms with van der Waals surface area (Å²) in [6, 6.07) is 16.6. The molecule has 0 spiro atoms. The summed E-state index contributed by atoms with van der Waals surface area (Å²) in [4.78, 5) is 2.47. The number of aromatic nitrogens is 4. The monoisotopic (exact) mass is 425 g/mol. The van der Waals surface area contributed by atoms with Crippen LogP contribution in [0.1, 0.15) is 66.7 Å². The van der Waals surface area contributed by atoms with Crippen LogP contribution in [-0.4, -0.2) is 36.8 Å². The lowest BCUT2D eigenvalue weighted by Gasteiger charge is -2.36. The first-order chi connectivity index (χ1) is 14.3. The Morgan fingerprint density at radius 1 is 0.933 bits per heavy atom. The number of halogens is 1. The van der Waals surface area contributed by atoms with E-state index in [1.54, 1.807) is 12.1 Å². The van der Waals surface area contributed by atoms with Crippen molar-refractivity contribution in [3.8, 4) is 5.75 Å². The molecule has 1 atom stereocenters. The number of phenols is 1. The van der Waals surface area contributed by atoms with E-state index >= 15 is 0 Å². The van der Waals surface area contributed by atoms with Gasteiger partial charge in [-0.1, -0.05) is 55.7 Å². The van der Waals surface area contributed by atoms with Gasteiger partial charge in [0.05, 0.1) is 12.1 Å². The molecule has 0 amide bonds. The fourth-order valence-electron chi connectivity index (χ4n) is 4.88. The third-order valence-corrected chi connectivity index (χ3v) is 6.42. The Hall–Kier alpha value is -2.44. The molecule has 3 aromatic rings. The first kappa shape index (κ1) is 20.8. The molecule has 30 heavy (non-hydrogen) atoms. The number of aromatic hydroxyl groups is 1. The van der Waals surface area contributed by atoms with Gasteiger partial charge in [-0.15, -0.1) is 17.5 Å². The quantitative estimate of drug-likeness (QED) is 0.668. The Balaban J connectivity index is 0.00000218. The third kappa shape index (κ3) is 4.07. The van der Waals surface area contributed by atoms with Gasteiger partial charge in [0.25, 0.3) is 0 Å². The van der Waals surface area contributed by atoms with Crippen molar-refractivity contribution in [2.24, 2.45) is 0 Å². The van der Waals surface area contributed by atoms with Gasteiger partial charge in [-0.05, 0) is 58.5 Å². The summed E-state index contributed by atoms with van der Waals surface area (Å²) in [7, 11) is 0. The summed E-state index contributed by atoms with van der Waals surface area (Å²) in [6.07, 6.45) is 7.09. The molecule has 7 heteroatoms. The van der Waals surface area contributed by atoms with Crippen LogP contribution in [0.25, 0.3) is 0 Å². The minimum Gasteiger partial charge on any atom is -0.508 e. The van der Waals surface area contributed by atoms with Gasteiger partial charge in [-0.25, -0.2) is 4.68 Å². The average molecular weight is 426 g/mol. The maximum Gasteiger partial charge on any atom is 0.173 e. The molecular formula is C23H28ClN5O. The minimum atomic E-state index is -0.0270. The van der Waals surface area contributed by atoms with Gasteiger partial charge in [0.15, 0.2) is 5.82 Å². The lowest BCUT2D eigenvalue weighted by molar-refractivity contribution is 0.187. The zero-order valence-corrected chi connectivity index (χ0v) is 17.8. The predicted octanol–water partition coefficient (Wildman–Crippen LogP) is 4.45. The first-order valence-corrected chi connectivity index (χ1v) is 10.7. The molecular weight excluding hydrogens is 398 g/mol. The average Bonchev–Trinajstić information content (AvgIpc) is 3.25. The smallest absolute Gasteiger partial charge is 0.173 e. The van der Waals surface area contributed by atoms with Gasteiger partial charge in [0.1, 0.15) is 5.75 Å². The highest BCUT2D eigenvalue weighted by atomic mass is 35.5. The summed E-state index contributed by atoms with van der Waals surface area (Å²) < 4.78 is 2.08. The summed E-state index contributed by atoms with van der Waals surface area (Å²) >= 11 is 0. The number of rotatable bonds is 4. The van der Waals surface area contributed by atoms with Gasteiger partial charge in [-0.3, -0.25) is 4.90 Å². The fourth-order valence-corrected chi connectivity index (χ4v) is 4.88. The molecule has 1 aliphatic carbocycles. The highest BCUT2D eigenvalue weighted by Gasteiger charge is 2.32. The molecule has 1 N–H and O–H groups in total. The molecule has 6 nitrogen and oxygen atoms in total. The SMILES string of the molecule is Cl.Oc1ccc(C(c2nnnn2C2CCCCC2)N2CCc3ccccc3C2)cc1. The van der Waals surface area contributed by atoms with Crippen LogP contribution in [0.4, 0.5) is 0 Å². The maximum atomic E-state index is 9.81. The molecule has 1 fully saturated rings. The molecule has 5 rings (SSSR count). The highest BCUT2D eigenvalue weighted by Crippen LogP contribution is 2.35. The Bertz CT molecular complexity index is 968. The number of hydrogen-bond donors (Lipinski definition) is 1.